The molecule has 1 rings (SSSR count). The first-order chi connectivity index (χ1) is 4.72. The van der Waals surface area contributed by atoms with Crippen LogP contribution in [0.4, 0.5) is 0 Å². The fraction of sp³-hybridized carbons (Fsp3) is 0. The van der Waals surface area contributed by atoms with E-state index >= 15 is 0 Å². The van der Waals surface area contributed by atoms with Crippen LogP contribution in [0.2, 0.25) is 0 Å². The van der Waals surface area contributed by atoms with Gasteiger partial charge in [-0.25, -0.2) is 0 Å². The second-order valence-corrected chi connectivity index (χ2v) is 3.63. The number of aromatic hydroxyl groups is 1. The summed E-state index contributed by atoms with van der Waals surface area (Å²) in [5.74, 6) is -0.0152. The Morgan fingerprint density at radius 2 is 2.00 bits per heavy atom. The molecular weight excluding hydrogens is 170 g/mol. The van der Waals surface area contributed by atoms with E-state index in [2.05, 4.69) is 0 Å². The molecule has 10 heavy (non-hydrogen) atoms. The molecule has 0 heterocycles. The van der Waals surface area contributed by atoms with Crippen molar-refractivity contribution in [3.8, 4) is 5.75 Å². The van der Waals surface area contributed by atoms with E-state index in [0.29, 0.717) is 5.30 Å². The van der Waals surface area contributed by atoms with Crippen molar-refractivity contribution >= 4 is 23.7 Å². The predicted octanol–water partition coefficient (Wildman–Crippen LogP) is 2.00. The van der Waals surface area contributed by atoms with E-state index in [0.717, 1.165) is 0 Å². The smallest absolute Gasteiger partial charge is 0.498 e. The van der Waals surface area contributed by atoms with E-state index in [4.69, 9.17) is 16.3 Å². The summed E-state index contributed by atoms with van der Waals surface area (Å²) >= 11 is 5.26. The van der Waals surface area contributed by atoms with Crippen molar-refractivity contribution in [3.63, 3.8) is 0 Å². The molecule has 0 saturated carbocycles. The average molecular weight is 176 g/mol. The van der Waals surface area contributed by atoms with Gasteiger partial charge in [0.15, 0.2) is 5.75 Å². The van der Waals surface area contributed by atoms with Gasteiger partial charge in [-0.3, -0.25) is 0 Å². The van der Waals surface area contributed by atoms with Gasteiger partial charge in [-0.05, 0) is 16.7 Å². The van der Waals surface area contributed by atoms with Crippen molar-refractivity contribution in [1.82, 2.24) is 0 Å². The zero-order valence-corrected chi connectivity index (χ0v) is 6.64. The number of phenolic OH excluding ortho intramolecular Hbond substituents is 1. The summed E-state index contributed by atoms with van der Waals surface area (Å²) < 4.78 is 10.6. The van der Waals surface area contributed by atoms with Crippen LogP contribution in [0.15, 0.2) is 24.3 Å². The Labute approximate surface area is 64.0 Å². The lowest BCUT2D eigenvalue weighted by Gasteiger charge is -1.86. The minimum Gasteiger partial charge on any atom is -0.504 e. The van der Waals surface area contributed by atoms with Gasteiger partial charge in [-0.15, -0.1) is 0 Å². The van der Waals surface area contributed by atoms with Gasteiger partial charge in [0.2, 0.25) is 11.2 Å². The van der Waals surface area contributed by atoms with E-state index in [1.54, 1.807) is 12.1 Å². The summed E-state index contributed by atoms with van der Waals surface area (Å²) in [4.78, 5) is 0. The van der Waals surface area contributed by atoms with Crippen LogP contribution < -0.4 is 5.30 Å². The summed E-state index contributed by atoms with van der Waals surface area (Å²) in [6.07, 6.45) is 0. The lowest BCUT2D eigenvalue weighted by Crippen LogP contribution is -1.91. The quantitative estimate of drug-likeness (QED) is 0.663. The molecule has 1 aromatic carbocycles. The Hall–Kier alpha value is -0.590. The van der Waals surface area contributed by atoms with Crippen molar-refractivity contribution in [2.75, 3.05) is 0 Å². The number of halogens is 1. The molecule has 0 bridgehead atoms. The van der Waals surface area contributed by atoms with Crippen molar-refractivity contribution in [1.29, 1.82) is 0 Å². The maximum atomic E-state index is 10.6. The first kappa shape index (κ1) is 7.52. The van der Waals surface area contributed by atoms with E-state index in [1.165, 1.54) is 12.1 Å². The monoisotopic (exact) mass is 175 g/mol. The van der Waals surface area contributed by atoms with E-state index < -0.39 is 7.15 Å². The van der Waals surface area contributed by atoms with Crippen LogP contribution in [0, 0.1) is 0 Å². The molecule has 0 spiro atoms. The fourth-order valence-electron chi connectivity index (χ4n) is 0.613. The number of rotatable bonds is 1. The highest BCUT2D eigenvalue weighted by molar-refractivity contribution is 7.80. The van der Waals surface area contributed by atoms with E-state index in [-0.39, 0.29) is 5.75 Å². The van der Waals surface area contributed by atoms with Gasteiger partial charge in [0.25, 0.3) is 5.30 Å². The van der Waals surface area contributed by atoms with Crippen molar-refractivity contribution in [2.45, 2.75) is 0 Å². The van der Waals surface area contributed by atoms with Crippen LogP contribution in [-0.4, -0.2) is 5.11 Å². The summed E-state index contributed by atoms with van der Waals surface area (Å²) in [6, 6.07) is 6.30. The molecule has 1 aromatic rings. The van der Waals surface area contributed by atoms with E-state index in [9.17, 15) is 4.57 Å². The summed E-state index contributed by atoms with van der Waals surface area (Å²) in [5, 5.41) is 9.30. The van der Waals surface area contributed by atoms with Gasteiger partial charge in [0.1, 0.15) is 0 Å². The van der Waals surface area contributed by atoms with Gasteiger partial charge in [0.05, 0.1) is 0 Å². The third-order valence-electron chi connectivity index (χ3n) is 1.07. The molecule has 0 radical (unpaired) electrons. The molecule has 1 unspecified atom stereocenters. The number of benzene rings is 1. The predicted molar refractivity (Wildman–Crippen MR) is 41.2 cm³/mol. The van der Waals surface area contributed by atoms with Crippen LogP contribution in [0.25, 0.3) is 0 Å². The molecule has 1 atom stereocenters. The first-order valence-corrected chi connectivity index (χ1v) is 4.79. The number of hydrogen-bond donors (Lipinski definition) is 1. The lowest BCUT2D eigenvalue weighted by molar-refractivity contribution is 0.479. The van der Waals surface area contributed by atoms with Crippen LogP contribution in [0.3, 0.4) is 0 Å². The fourth-order valence-corrected chi connectivity index (χ4v) is 1.50. The number of phenols is 1. The first-order valence-electron chi connectivity index (χ1n) is 2.63. The number of para-hydroxylation sites is 1. The minimum absolute atomic E-state index is 0.0152. The molecule has 52 valence electrons. The topological polar surface area (TPSA) is 37.3 Å². The van der Waals surface area contributed by atoms with Gasteiger partial charge in [0, 0.05) is 0 Å². The summed E-state index contributed by atoms with van der Waals surface area (Å²) in [7, 11) is -1.94. The molecule has 2 nitrogen and oxygen atoms in total. The normalized spacial score (nSPS) is 11.1. The number of hydrogen-bond acceptors (Lipinski definition) is 2. The molecular formula is C6H5ClO2P+. The Kier molecular flexibility index (Phi) is 2.25. The molecule has 0 fully saturated rings. The van der Waals surface area contributed by atoms with Crippen molar-refractivity contribution in [3.05, 3.63) is 24.3 Å². The highest BCUT2D eigenvalue weighted by atomic mass is 35.7. The molecule has 0 aliphatic carbocycles. The van der Waals surface area contributed by atoms with Gasteiger partial charge >= 0.3 is 7.15 Å². The van der Waals surface area contributed by atoms with Crippen molar-refractivity contribution in [2.24, 2.45) is 0 Å². The Morgan fingerprint density at radius 3 is 2.40 bits per heavy atom. The third kappa shape index (κ3) is 1.47. The van der Waals surface area contributed by atoms with Gasteiger partial charge < -0.3 is 5.11 Å². The molecule has 0 amide bonds. The Balaban J connectivity index is 3.15. The maximum absolute atomic E-state index is 10.6. The second-order valence-electron chi connectivity index (χ2n) is 1.73. The lowest BCUT2D eigenvalue weighted by atomic mass is 10.3. The molecule has 0 aliphatic heterocycles. The molecule has 0 aliphatic rings. The van der Waals surface area contributed by atoms with Crippen molar-refractivity contribution < 1.29 is 9.67 Å². The molecule has 0 saturated heterocycles. The van der Waals surface area contributed by atoms with Crippen LogP contribution in [-0.2, 0) is 4.57 Å². The Morgan fingerprint density at radius 1 is 1.40 bits per heavy atom. The average Bonchev–Trinajstić information content (AvgIpc) is 1.88. The zero-order chi connectivity index (χ0) is 7.56. The molecule has 4 heteroatoms. The van der Waals surface area contributed by atoms with Gasteiger partial charge in [-0.1, -0.05) is 12.1 Å². The largest absolute Gasteiger partial charge is 0.504 e. The van der Waals surface area contributed by atoms with Gasteiger partial charge in [-0.2, -0.15) is 0 Å². The zero-order valence-electron chi connectivity index (χ0n) is 4.99. The highest BCUT2D eigenvalue weighted by Gasteiger charge is 2.20. The summed E-state index contributed by atoms with van der Waals surface area (Å²) in [6.45, 7) is 0. The molecule has 0 aromatic heterocycles. The standard InChI is InChI=1S/C6H4ClO2P/c7-10(9)6-4-2-1-3-5(6)8/h1-4H/p+1. The van der Waals surface area contributed by atoms with Crippen LogP contribution in [0.5, 0.6) is 5.75 Å². The van der Waals surface area contributed by atoms with E-state index in [1.807, 2.05) is 0 Å². The molecule has 1 N–H and O–H groups in total. The van der Waals surface area contributed by atoms with Crippen LogP contribution >= 0.6 is 18.4 Å². The minimum atomic E-state index is -1.94. The third-order valence-corrected chi connectivity index (χ3v) is 2.37. The Bertz CT molecular complexity index is 262. The second kappa shape index (κ2) is 3.00. The SMILES string of the molecule is O=[P+](Cl)c1ccccc1O. The van der Waals surface area contributed by atoms with Crippen LogP contribution in [0.1, 0.15) is 0 Å². The summed E-state index contributed by atoms with van der Waals surface area (Å²) in [5.41, 5.74) is 0. The maximum Gasteiger partial charge on any atom is 0.498 e. The highest BCUT2D eigenvalue weighted by Crippen LogP contribution is 2.29.